The molecule has 0 bridgehead atoms. The summed E-state index contributed by atoms with van der Waals surface area (Å²) in [6, 6.07) is 0.489. The largest absolute Gasteiger partial charge is 0.352 e. The first-order valence-electron chi connectivity index (χ1n) is 8.06. The predicted molar refractivity (Wildman–Crippen MR) is 86.2 cm³/mol. The summed E-state index contributed by atoms with van der Waals surface area (Å²) in [6.45, 7) is 8.06. The highest BCUT2D eigenvalue weighted by atomic mass is 35.5. The quantitative estimate of drug-likeness (QED) is 0.837. The van der Waals surface area contributed by atoms with Crippen LogP contribution in [0.15, 0.2) is 0 Å². The fraction of sp³-hybridized carbons (Fsp3) is 0.938. The number of amides is 1. The van der Waals surface area contributed by atoms with Gasteiger partial charge in [-0.1, -0.05) is 27.2 Å². The van der Waals surface area contributed by atoms with Crippen molar-refractivity contribution in [2.24, 2.45) is 11.3 Å². The average molecular weight is 303 g/mol. The third-order valence-corrected chi connectivity index (χ3v) is 5.47. The number of hydrogen-bond donors (Lipinski definition) is 2. The van der Waals surface area contributed by atoms with E-state index in [4.69, 9.17) is 0 Å². The Labute approximate surface area is 130 Å². The van der Waals surface area contributed by atoms with Crippen molar-refractivity contribution >= 4 is 18.3 Å². The van der Waals surface area contributed by atoms with Crippen LogP contribution < -0.4 is 10.6 Å². The summed E-state index contributed by atoms with van der Waals surface area (Å²) < 4.78 is 0. The zero-order valence-corrected chi connectivity index (χ0v) is 14.0. The van der Waals surface area contributed by atoms with E-state index in [2.05, 4.69) is 31.4 Å². The van der Waals surface area contributed by atoms with Crippen molar-refractivity contribution in [2.45, 2.75) is 77.8 Å². The van der Waals surface area contributed by atoms with Crippen LogP contribution in [0.2, 0.25) is 0 Å². The van der Waals surface area contributed by atoms with E-state index in [9.17, 15) is 4.79 Å². The first-order chi connectivity index (χ1) is 9.03. The van der Waals surface area contributed by atoms with Crippen molar-refractivity contribution in [3.8, 4) is 0 Å². The third kappa shape index (κ3) is 4.36. The van der Waals surface area contributed by atoms with Crippen LogP contribution in [-0.4, -0.2) is 24.5 Å². The summed E-state index contributed by atoms with van der Waals surface area (Å²) in [7, 11) is 0. The molecule has 1 saturated carbocycles. The lowest BCUT2D eigenvalue weighted by atomic mass is 9.69. The molecule has 0 aromatic carbocycles. The van der Waals surface area contributed by atoms with Crippen molar-refractivity contribution in [3.63, 3.8) is 0 Å². The maximum absolute atomic E-state index is 12.1. The molecule has 0 aromatic rings. The summed E-state index contributed by atoms with van der Waals surface area (Å²) in [6.07, 6.45) is 8.24. The standard InChI is InChI=1S/C16H30N2O.ClH/c1-4-16(2,3)12-7-9-13(10-8-12)18-15(19)14-6-5-11-17-14;/h12-14,17H,4-11H2,1-3H3,(H,18,19);1H. The molecular weight excluding hydrogens is 272 g/mol. The highest BCUT2D eigenvalue weighted by Gasteiger charge is 2.33. The number of rotatable bonds is 4. The lowest BCUT2D eigenvalue weighted by Crippen LogP contribution is -2.46. The molecule has 1 atom stereocenters. The van der Waals surface area contributed by atoms with E-state index in [0.717, 1.165) is 38.1 Å². The molecule has 1 unspecified atom stereocenters. The lowest BCUT2D eigenvalue weighted by Gasteiger charge is -2.39. The Morgan fingerprint density at radius 3 is 2.35 bits per heavy atom. The molecule has 1 amide bonds. The van der Waals surface area contributed by atoms with E-state index < -0.39 is 0 Å². The fourth-order valence-corrected chi connectivity index (χ4v) is 3.52. The summed E-state index contributed by atoms with van der Waals surface area (Å²) >= 11 is 0. The van der Waals surface area contributed by atoms with Crippen LogP contribution >= 0.6 is 12.4 Å². The Morgan fingerprint density at radius 2 is 1.85 bits per heavy atom. The minimum absolute atomic E-state index is 0. The van der Waals surface area contributed by atoms with Gasteiger partial charge < -0.3 is 10.6 Å². The van der Waals surface area contributed by atoms with Crippen molar-refractivity contribution < 1.29 is 4.79 Å². The van der Waals surface area contributed by atoms with Crippen molar-refractivity contribution in [3.05, 3.63) is 0 Å². The van der Waals surface area contributed by atoms with Gasteiger partial charge in [-0.05, 0) is 56.4 Å². The van der Waals surface area contributed by atoms with Crippen LogP contribution in [-0.2, 0) is 4.79 Å². The van der Waals surface area contributed by atoms with E-state index in [0.29, 0.717) is 11.5 Å². The fourth-order valence-electron chi connectivity index (χ4n) is 3.52. The normalized spacial score (nSPS) is 30.6. The molecular formula is C16H31ClN2O. The van der Waals surface area contributed by atoms with Crippen LogP contribution in [0.3, 0.4) is 0 Å². The molecule has 1 aliphatic carbocycles. The van der Waals surface area contributed by atoms with Gasteiger partial charge in [0.15, 0.2) is 0 Å². The molecule has 1 aliphatic heterocycles. The van der Waals surface area contributed by atoms with E-state index in [1.807, 2.05) is 0 Å². The second-order valence-corrected chi connectivity index (χ2v) is 7.05. The third-order valence-electron chi connectivity index (χ3n) is 5.47. The Bertz CT molecular complexity index is 306. The van der Waals surface area contributed by atoms with Gasteiger partial charge in [0.25, 0.3) is 0 Å². The Kier molecular flexibility index (Phi) is 6.80. The first kappa shape index (κ1) is 17.8. The molecule has 2 N–H and O–H groups in total. The van der Waals surface area contributed by atoms with Gasteiger partial charge in [0.05, 0.1) is 6.04 Å². The lowest BCUT2D eigenvalue weighted by molar-refractivity contribution is -0.123. The molecule has 2 aliphatic rings. The SMILES string of the molecule is CCC(C)(C)C1CCC(NC(=O)C2CCCN2)CC1.Cl. The molecule has 2 fully saturated rings. The average Bonchev–Trinajstić information content (AvgIpc) is 2.93. The maximum Gasteiger partial charge on any atom is 0.237 e. The molecule has 0 spiro atoms. The van der Waals surface area contributed by atoms with Crippen molar-refractivity contribution in [1.82, 2.24) is 10.6 Å². The van der Waals surface area contributed by atoms with Crippen molar-refractivity contribution in [1.29, 1.82) is 0 Å². The second kappa shape index (κ2) is 7.65. The highest BCUT2D eigenvalue weighted by molar-refractivity contribution is 5.85. The van der Waals surface area contributed by atoms with Crippen LogP contribution in [0.5, 0.6) is 0 Å². The number of carbonyl (C=O) groups is 1. The van der Waals surface area contributed by atoms with Gasteiger partial charge in [-0.3, -0.25) is 4.79 Å². The monoisotopic (exact) mass is 302 g/mol. The summed E-state index contributed by atoms with van der Waals surface area (Å²) in [5.74, 6) is 1.06. The van der Waals surface area contributed by atoms with Gasteiger partial charge in [0.2, 0.25) is 5.91 Å². The predicted octanol–water partition coefficient (Wildman–Crippen LogP) is 3.27. The van der Waals surface area contributed by atoms with Crippen LogP contribution in [0.4, 0.5) is 0 Å². The molecule has 4 heteroatoms. The molecule has 118 valence electrons. The van der Waals surface area contributed by atoms with Gasteiger partial charge >= 0.3 is 0 Å². The smallest absolute Gasteiger partial charge is 0.237 e. The highest BCUT2D eigenvalue weighted by Crippen LogP contribution is 2.40. The van der Waals surface area contributed by atoms with Crippen molar-refractivity contribution in [2.75, 3.05) is 6.54 Å². The second-order valence-electron chi connectivity index (χ2n) is 7.05. The van der Waals surface area contributed by atoms with Gasteiger partial charge in [0, 0.05) is 6.04 Å². The number of carbonyl (C=O) groups excluding carboxylic acids is 1. The molecule has 1 saturated heterocycles. The number of nitrogens with one attached hydrogen (secondary N) is 2. The van der Waals surface area contributed by atoms with E-state index in [1.165, 1.54) is 19.3 Å². The molecule has 3 nitrogen and oxygen atoms in total. The van der Waals surface area contributed by atoms with E-state index in [-0.39, 0.29) is 24.4 Å². The molecule has 0 aromatic heterocycles. The minimum Gasteiger partial charge on any atom is -0.352 e. The van der Waals surface area contributed by atoms with E-state index >= 15 is 0 Å². The minimum atomic E-state index is 0. The van der Waals surface area contributed by atoms with Gasteiger partial charge in [-0.25, -0.2) is 0 Å². The molecule has 2 rings (SSSR count). The van der Waals surface area contributed by atoms with E-state index in [1.54, 1.807) is 0 Å². The Morgan fingerprint density at radius 1 is 1.20 bits per heavy atom. The van der Waals surface area contributed by atoms with Crippen LogP contribution in [0.1, 0.15) is 65.7 Å². The van der Waals surface area contributed by atoms with Gasteiger partial charge in [-0.15, -0.1) is 12.4 Å². The zero-order valence-electron chi connectivity index (χ0n) is 13.2. The van der Waals surface area contributed by atoms with Crippen LogP contribution in [0.25, 0.3) is 0 Å². The topological polar surface area (TPSA) is 41.1 Å². The van der Waals surface area contributed by atoms with Gasteiger partial charge in [-0.2, -0.15) is 0 Å². The summed E-state index contributed by atoms with van der Waals surface area (Å²) in [5, 5.41) is 6.53. The molecule has 1 heterocycles. The Hall–Kier alpha value is -0.280. The number of hydrogen-bond acceptors (Lipinski definition) is 2. The molecule has 20 heavy (non-hydrogen) atoms. The summed E-state index contributed by atoms with van der Waals surface area (Å²) in [4.78, 5) is 12.1. The van der Waals surface area contributed by atoms with Crippen LogP contribution in [0, 0.1) is 11.3 Å². The van der Waals surface area contributed by atoms with Gasteiger partial charge in [0.1, 0.15) is 0 Å². The number of halogens is 1. The Balaban J connectivity index is 0.00000200. The molecule has 0 radical (unpaired) electrons. The first-order valence-corrected chi connectivity index (χ1v) is 8.06. The summed E-state index contributed by atoms with van der Waals surface area (Å²) in [5.41, 5.74) is 0.460. The zero-order chi connectivity index (χ0) is 13.9. The maximum atomic E-state index is 12.1.